The summed E-state index contributed by atoms with van der Waals surface area (Å²) in [7, 11) is 0. The highest BCUT2D eigenvalue weighted by molar-refractivity contribution is 5.75. The van der Waals surface area contributed by atoms with Crippen LogP contribution in [0.15, 0.2) is 6.20 Å². The van der Waals surface area contributed by atoms with Crippen LogP contribution in [0, 0.1) is 0 Å². The maximum Gasteiger partial charge on any atom is 0.241 e. The molecule has 8 nitrogen and oxygen atoms in total. The molecule has 0 bridgehead atoms. The van der Waals surface area contributed by atoms with Crippen molar-refractivity contribution in [1.29, 1.82) is 0 Å². The van der Waals surface area contributed by atoms with Crippen molar-refractivity contribution in [3.8, 4) is 0 Å². The summed E-state index contributed by atoms with van der Waals surface area (Å²) in [5.41, 5.74) is 0.686. The Morgan fingerprint density at radius 3 is 2.57 bits per heavy atom. The van der Waals surface area contributed by atoms with Gasteiger partial charge in [-0.1, -0.05) is 5.21 Å². The minimum atomic E-state index is -0.0885. The van der Waals surface area contributed by atoms with Gasteiger partial charge in [-0.2, -0.15) is 0 Å². The van der Waals surface area contributed by atoms with Crippen molar-refractivity contribution in [2.75, 3.05) is 26.4 Å². The first-order valence-electron chi connectivity index (χ1n) is 7.93. The molecule has 1 aromatic rings. The van der Waals surface area contributed by atoms with Gasteiger partial charge in [-0.25, -0.2) is 4.68 Å². The van der Waals surface area contributed by atoms with Crippen molar-refractivity contribution < 1.29 is 19.0 Å². The van der Waals surface area contributed by atoms with Crippen LogP contribution in [0.1, 0.15) is 33.4 Å². The van der Waals surface area contributed by atoms with E-state index in [-0.39, 0.29) is 24.6 Å². The molecule has 1 aromatic heterocycles. The van der Waals surface area contributed by atoms with Crippen LogP contribution in [0.4, 0.5) is 0 Å². The van der Waals surface area contributed by atoms with Gasteiger partial charge in [0.1, 0.15) is 12.2 Å². The highest BCUT2D eigenvalue weighted by Gasteiger charge is 2.07. The topological polar surface area (TPSA) is 87.5 Å². The third kappa shape index (κ3) is 9.98. The first kappa shape index (κ1) is 19.5. The molecule has 0 aliphatic heterocycles. The fraction of sp³-hybridized carbons (Fsp3) is 0.800. The van der Waals surface area contributed by atoms with Crippen LogP contribution in [0.5, 0.6) is 0 Å². The van der Waals surface area contributed by atoms with E-state index < -0.39 is 0 Å². The number of nitrogens with one attached hydrogen (secondary N) is 1. The molecule has 0 saturated heterocycles. The molecule has 0 aromatic carbocycles. The fourth-order valence-corrected chi connectivity index (χ4v) is 1.74. The third-order valence-electron chi connectivity index (χ3n) is 2.64. The summed E-state index contributed by atoms with van der Waals surface area (Å²) in [6, 6.07) is 0.111. The van der Waals surface area contributed by atoms with E-state index in [1.165, 1.54) is 4.68 Å². The van der Waals surface area contributed by atoms with Gasteiger partial charge < -0.3 is 19.5 Å². The van der Waals surface area contributed by atoms with Crippen molar-refractivity contribution in [2.24, 2.45) is 0 Å². The molecule has 0 saturated carbocycles. The highest BCUT2D eigenvalue weighted by Crippen LogP contribution is 1.96. The van der Waals surface area contributed by atoms with Crippen LogP contribution in [0.25, 0.3) is 0 Å². The largest absolute Gasteiger partial charge is 0.377 e. The Labute approximate surface area is 137 Å². The van der Waals surface area contributed by atoms with Crippen molar-refractivity contribution in [2.45, 2.75) is 53.0 Å². The summed E-state index contributed by atoms with van der Waals surface area (Å²) in [4.78, 5) is 11.6. The standard InChI is InChI=1S/C15H28N4O4/c1-12(2)16-15(20)10-19-9-14(17-18-19)11-22-6-5-21-7-8-23-13(3)4/h9,12-13H,5-8,10-11H2,1-4H3,(H,16,20). The molecule has 1 N–H and O–H groups in total. The zero-order chi connectivity index (χ0) is 17.1. The van der Waals surface area contributed by atoms with Gasteiger partial charge in [0.2, 0.25) is 5.91 Å². The van der Waals surface area contributed by atoms with Gasteiger partial charge in [0, 0.05) is 6.04 Å². The van der Waals surface area contributed by atoms with Gasteiger partial charge in [-0.15, -0.1) is 5.10 Å². The van der Waals surface area contributed by atoms with Crippen molar-refractivity contribution in [3.05, 3.63) is 11.9 Å². The molecule has 1 amide bonds. The van der Waals surface area contributed by atoms with Crippen molar-refractivity contribution in [3.63, 3.8) is 0 Å². The molecule has 0 radical (unpaired) electrons. The SMILES string of the molecule is CC(C)NC(=O)Cn1cc(COCCOCCOC(C)C)nn1. The van der Waals surface area contributed by atoms with Crippen LogP contribution in [0.2, 0.25) is 0 Å². The smallest absolute Gasteiger partial charge is 0.241 e. The van der Waals surface area contributed by atoms with E-state index in [9.17, 15) is 4.79 Å². The molecule has 0 fully saturated rings. The van der Waals surface area contributed by atoms with E-state index in [0.29, 0.717) is 38.7 Å². The zero-order valence-electron chi connectivity index (χ0n) is 14.4. The van der Waals surface area contributed by atoms with E-state index in [0.717, 1.165) is 0 Å². The van der Waals surface area contributed by atoms with Crippen LogP contribution in [-0.2, 0) is 32.2 Å². The second kappa shape index (κ2) is 11.1. The number of carbonyl (C=O) groups excluding carboxylic acids is 1. The van der Waals surface area contributed by atoms with Gasteiger partial charge in [-0.3, -0.25) is 4.79 Å². The van der Waals surface area contributed by atoms with Gasteiger partial charge in [-0.05, 0) is 27.7 Å². The molecule has 1 rings (SSSR count). The molecule has 1 heterocycles. The Hall–Kier alpha value is -1.51. The van der Waals surface area contributed by atoms with Crippen LogP contribution in [-0.4, -0.2) is 59.5 Å². The van der Waals surface area contributed by atoms with Crippen molar-refractivity contribution >= 4 is 5.91 Å². The van der Waals surface area contributed by atoms with Crippen molar-refractivity contribution in [1.82, 2.24) is 20.3 Å². The van der Waals surface area contributed by atoms with Crippen LogP contribution in [0.3, 0.4) is 0 Å². The van der Waals surface area contributed by atoms with E-state index in [2.05, 4.69) is 15.6 Å². The minimum absolute atomic E-state index is 0.0885. The first-order chi connectivity index (χ1) is 11.0. The summed E-state index contributed by atoms with van der Waals surface area (Å²) in [6.45, 7) is 10.4. The molecule has 23 heavy (non-hydrogen) atoms. The monoisotopic (exact) mass is 328 g/mol. The predicted molar refractivity (Wildman–Crippen MR) is 84.9 cm³/mol. The molecule has 8 heteroatoms. The lowest BCUT2D eigenvalue weighted by atomic mass is 10.4. The number of hydrogen-bond acceptors (Lipinski definition) is 6. The van der Waals surface area contributed by atoms with E-state index >= 15 is 0 Å². The average Bonchev–Trinajstić information content (AvgIpc) is 2.87. The summed E-state index contributed by atoms with van der Waals surface area (Å²) in [6.07, 6.45) is 1.93. The Morgan fingerprint density at radius 1 is 1.17 bits per heavy atom. The zero-order valence-corrected chi connectivity index (χ0v) is 14.4. The number of amides is 1. The van der Waals surface area contributed by atoms with Crippen LogP contribution >= 0.6 is 0 Å². The summed E-state index contributed by atoms with van der Waals surface area (Å²) < 4.78 is 17.7. The molecule has 0 unspecified atom stereocenters. The quantitative estimate of drug-likeness (QED) is 0.570. The summed E-state index contributed by atoms with van der Waals surface area (Å²) in [5, 5.41) is 10.7. The number of aromatic nitrogens is 3. The number of hydrogen-bond donors (Lipinski definition) is 1. The maximum absolute atomic E-state index is 11.6. The Bertz CT molecular complexity index is 448. The first-order valence-corrected chi connectivity index (χ1v) is 7.93. The Morgan fingerprint density at radius 2 is 1.87 bits per heavy atom. The molecule has 0 aliphatic rings. The molecule has 0 spiro atoms. The van der Waals surface area contributed by atoms with Crippen LogP contribution < -0.4 is 5.32 Å². The molecule has 132 valence electrons. The average molecular weight is 328 g/mol. The minimum Gasteiger partial charge on any atom is -0.377 e. The van der Waals surface area contributed by atoms with E-state index in [4.69, 9.17) is 14.2 Å². The van der Waals surface area contributed by atoms with Gasteiger partial charge >= 0.3 is 0 Å². The Balaban J connectivity index is 2.09. The summed E-state index contributed by atoms with van der Waals surface area (Å²) >= 11 is 0. The maximum atomic E-state index is 11.6. The number of nitrogens with zero attached hydrogens (tertiary/aromatic N) is 3. The lowest BCUT2D eigenvalue weighted by molar-refractivity contribution is -0.122. The number of rotatable bonds is 12. The second-order valence-electron chi connectivity index (χ2n) is 5.71. The number of ether oxygens (including phenoxy) is 3. The van der Waals surface area contributed by atoms with E-state index in [1.807, 2.05) is 27.7 Å². The Kier molecular flexibility index (Phi) is 9.42. The van der Waals surface area contributed by atoms with E-state index in [1.54, 1.807) is 6.20 Å². The number of carbonyl (C=O) groups is 1. The lowest BCUT2D eigenvalue weighted by Crippen LogP contribution is -2.33. The molecule has 0 aliphatic carbocycles. The summed E-state index contributed by atoms with van der Waals surface area (Å²) in [5.74, 6) is -0.0885. The predicted octanol–water partition coefficient (Wildman–Crippen LogP) is 0.761. The third-order valence-corrected chi connectivity index (χ3v) is 2.64. The van der Waals surface area contributed by atoms with Gasteiger partial charge in [0.15, 0.2) is 0 Å². The lowest BCUT2D eigenvalue weighted by Gasteiger charge is -2.08. The highest BCUT2D eigenvalue weighted by atomic mass is 16.5. The fourth-order valence-electron chi connectivity index (χ4n) is 1.74. The molecular formula is C15H28N4O4. The van der Waals surface area contributed by atoms with Gasteiger partial charge in [0.05, 0.1) is 45.3 Å². The second-order valence-corrected chi connectivity index (χ2v) is 5.71. The molecular weight excluding hydrogens is 300 g/mol. The normalized spacial score (nSPS) is 11.4. The van der Waals surface area contributed by atoms with Gasteiger partial charge in [0.25, 0.3) is 0 Å². The molecule has 0 atom stereocenters.